The van der Waals surface area contributed by atoms with E-state index in [0.717, 1.165) is 0 Å². The molecule has 0 aliphatic rings. The maximum atomic E-state index is 9.19. The highest BCUT2D eigenvalue weighted by Gasteiger charge is 2.12. The molecule has 2 aromatic carbocycles. The predicted octanol–water partition coefficient (Wildman–Crippen LogP) is 3.90. The molecule has 1 aromatic heterocycles. The van der Waals surface area contributed by atoms with Gasteiger partial charge in [0.1, 0.15) is 17.6 Å². The number of anilines is 4. The summed E-state index contributed by atoms with van der Waals surface area (Å²) in [4.78, 5) is 4.36. The summed E-state index contributed by atoms with van der Waals surface area (Å²) in [5.41, 5.74) is 1.68. The maximum absolute atomic E-state index is 9.19. The summed E-state index contributed by atoms with van der Waals surface area (Å²) in [6, 6.07) is 12.5. The van der Waals surface area contributed by atoms with Crippen molar-refractivity contribution in [3.05, 3.63) is 53.2 Å². The van der Waals surface area contributed by atoms with Gasteiger partial charge in [-0.1, -0.05) is 23.7 Å². The quantitative estimate of drug-likeness (QED) is 0.661. The third-order valence-electron chi connectivity index (χ3n) is 3.59. The van der Waals surface area contributed by atoms with E-state index in [2.05, 4.69) is 31.9 Å². The minimum absolute atomic E-state index is 0.233. The third-order valence-corrected chi connectivity index (χ3v) is 3.88. The molecule has 8 nitrogen and oxygen atoms in total. The zero-order chi connectivity index (χ0) is 19.2. The lowest BCUT2D eigenvalue weighted by Crippen LogP contribution is -2.04. The molecule has 0 aliphatic heterocycles. The van der Waals surface area contributed by atoms with Crippen LogP contribution in [-0.2, 0) is 0 Å². The SMILES string of the molecule is COc1cc(Nc2nncc(Nc3ccccc3C#N)n2)c(OC)cc1Cl. The maximum Gasteiger partial charge on any atom is 0.249 e. The number of nitriles is 1. The van der Waals surface area contributed by atoms with Crippen LogP contribution in [0.15, 0.2) is 42.6 Å². The van der Waals surface area contributed by atoms with Crippen LogP contribution >= 0.6 is 11.6 Å². The molecule has 0 radical (unpaired) electrons. The van der Waals surface area contributed by atoms with Gasteiger partial charge in [-0.15, -0.1) is 5.10 Å². The Morgan fingerprint density at radius 1 is 1.04 bits per heavy atom. The Balaban J connectivity index is 1.88. The van der Waals surface area contributed by atoms with Crippen molar-refractivity contribution >= 4 is 34.7 Å². The number of halogens is 1. The largest absolute Gasteiger partial charge is 0.495 e. The molecule has 0 fully saturated rings. The van der Waals surface area contributed by atoms with Gasteiger partial charge in [0.15, 0.2) is 5.82 Å². The van der Waals surface area contributed by atoms with Gasteiger partial charge < -0.3 is 20.1 Å². The Hall–Kier alpha value is -3.57. The fourth-order valence-electron chi connectivity index (χ4n) is 2.32. The second kappa shape index (κ2) is 8.21. The average Bonchev–Trinajstić information content (AvgIpc) is 2.69. The van der Waals surface area contributed by atoms with E-state index < -0.39 is 0 Å². The van der Waals surface area contributed by atoms with Gasteiger partial charge in [0.25, 0.3) is 0 Å². The first-order chi connectivity index (χ1) is 13.1. The summed E-state index contributed by atoms with van der Waals surface area (Å²) < 4.78 is 10.5. The molecule has 0 saturated heterocycles. The van der Waals surface area contributed by atoms with Crippen LogP contribution in [0.1, 0.15) is 5.56 Å². The van der Waals surface area contributed by atoms with E-state index in [9.17, 15) is 5.26 Å². The topological polar surface area (TPSA) is 105 Å². The molecular weight excluding hydrogens is 368 g/mol. The van der Waals surface area contributed by atoms with Gasteiger partial charge in [-0.25, -0.2) is 0 Å². The fraction of sp³-hybridized carbons (Fsp3) is 0.111. The minimum Gasteiger partial charge on any atom is -0.495 e. The molecule has 0 spiro atoms. The molecule has 0 amide bonds. The summed E-state index contributed by atoms with van der Waals surface area (Å²) in [6.45, 7) is 0. The summed E-state index contributed by atoms with van der Waals surface area (Å²) in [5, 5.41) is 23.6. The number of nitrogens with zero attached hydrogens (tertiary/aromatic N) is 4. The Morgan fingerprint density at radius 2 is 1.81 bits per heavy atom. The Morgan fingerprint density at radius 3 is 2.56 bits per heavy atom. The molecule has 0 saturated carbocycles. The molecule has 27 heavy (non-hydrogen) atoms. The summed E-state index contributed by atoms with van der Waals surface area (Å²) in [6.07, 6.45) is 1.46. The van der Waals surface area contributed by atoms with Crippen molar-refractivity contribution in [1.29, 1.82) is 5.26 Å². The van der Waals surface area contributed by atoms with Crippen molar-refractivity contribution in [3.8, 4) is 17.6 Å². The molecule has 2 N–H and O–H groups in total. The Kier molecular flexibility index (Phi) is 5.54. The van der Waals surface area contributed by atoms with Gasteiger partial charge in [0.05, 0.1) is 42.4 Å². The van der Waals surface area contributed by atoms with E-state index in [1.807, 2.05) is 6.07 Å². The second-order valence-electron chi connectivity index (χ2n) is 5.26. The van der Waals surface area contributed by atoms with Crippen LogP contribution in [0.25, 0.3) is 0 Å². The first kappa shape index (κ1) is 18.2. The van der Waals surface area contributed by atoms with Gasteiger partial charge in [-0.05, 0) is 12.1 Å². The van der Waals surface area contributed by atoms with Crippen molar-refractivity contribution in [3.63, 3.8) is 0 Å². The van der Waals surface area contributed by atoms with Crippen LogP contribution < -0.4 is 20.1 Å². The highest BCUT2D eigenvalue weighted by Crippen LogP contribution is 2.36. The molecule has 0 bridgehead atoms. The van der Waals surface area contributed by atoms with Gasteiger partial charge >= 0.3 is 0 Å². The van der Waals surface area contributed by atoms with Gasteiger partial charge in [-0.3, -0.25) is 0 Å². The number of rotatable bonds is 6. The monoisotopic (exact) mass is 382 g/mol. The number of ether oxygens (including phenoxy) is 2. The predicted molar refractivity (Wildman–Crippen MR) is 102 cm³/mol. The van der Waals surface area contributed by atoms with Gasteiger partial charge in [0.2, 0.25) is 5.95 Å². The van der Waals surface area contributed by atoms with E-state index in [1.165, 1.54) is 20.4 Å². The van der Waals surface area contributed by atoms with Crippen molar-refractivity contribution in [1.82, 2.24) is 15.2 Å². The first-order valence-corrected chi connectivity index (χ1v) is 8.17. The van der Waals surface area contributed by atoms with Gasteiger partial charge in [0, 0.05) is 12.1 Å². The van der Waals surface area contributed by atoms with E-state index in [4.69, 9.17) is 21.1 Å². The molecule has 136 valence electrons. The molecule has 3 aromatic rings. The summed E-state index contributed by atoms with van der Waals surface area (Å²) >= 11 is 6.11. The van der Waals surface area contributed by atoms with E-state index >= 15 is 0 Å². The van der Waals surface area contributed by atoms with Gasteiger partial charge in [-0.2, -0.15) is 15.3 Å². The molecule has 9 heteroatoms. The number of hydrogen-bond donors (Lipinski definition) is 2. The van der Waals surface area contributed by atoms with E-state index in [-0.39, 0.29) is 5.95 Å². The highest BCUT2D eigenvalue weighted by atomic mass is 35.5. The van der Waals surface area contributed by atoms with E-state index in [0.29, 0.717) is 39.3 Å². The molecule has 0 atom stereocenters. The molecule has 0 unspecified atom stereocenters. The second-order valence-corrected chi connectivity index (χ2v) is 5.67. The van der Waals surface area contributed by atoms with Crippen LogP contribution in [0.3, 0.4) is 0 Å². The lowest BCUT2D eigenvalue weighted by molar-refractivity contribution is 0.405. The molecule has 3 rings (SSSR count). The number of aromatic nitrogens is 3. The van der Waals surface area contributed by atoms with Crippen LogP contribution in [0.5, 0.6) is 11.5 Å². The highest BCUT2D eigenvalue weighted by molar-refractivity contribution is 6.32. The van der Waals surface area contributed by atoms with Crippen molar-refractivity contribution in [2.75, 3.05) is 24.9 Å². The van der Waals surface area contributed by atoms with Crippen molar-refractivity contribution in [2.45, 2.75) is 0 Å². The number of methoxy groups -OCH3 is 2. The first-order valence-electron chi connectivity index (χ1n) is 7.79. The normalized spacial score (nSPS) is 10.0. The summed E-state index contributed by atoms with van der Waals surface area (Å²) in [5.74, 6) is 1.63. The molecular formula is C18H15ClN6O2. The zero-order valence-corrected chi connectivity index (χ0v) is 15.3. The minimum atomic E-state index is 0.233. The number of para-hydroxylation sites is 1. The summed E-state index contributed by atoms with van der Waals surface area (Å²) in [7, 11) is 3.05. The van der Waals surface area contributed by atoms with Crippen molar-refractivity contribution in [2.24, 2.45) is 0 Å². The smallest absolute Gasteiger partial charge is 0.249 e. The van der Waals surface area contributed by atoms with Crippen LogP contribution in [-0.4, -0.2) is 29.4 Å². The lowest BCUT2D eigenvalue weighted by atomic mass is 10.2. The van der Waals surface area contributed by atoms with Crippen LogP contribution in [0.2, 0.25) is 5.02 Å². The number of benzene rings is 2. The van der Waals surface area contributed by atoms with E-state index in [1.54, 1.807) is 30.3 Å². The Bertz CT molecular complexity index is 1010. The number of nitrogens with one attached hydrogen (secondary N) is 2. The van der Waals surface area contributed by atoms with Crippen LogP contribution in [0, 0.1) is 11.3 Å². The fourth-order valence-corrected chi connectivity index (χ4v) is 2.55. The van der Waals surface area contributed by atoms with Crippen molar-refractivity contribution < 1.29 is 9.47 Å². The Labute approximate surface area is 160 Å². The van der Waals surface area contributed by atoms with Crippen LogP contribution in [0.4, 0.5) is 23.1 Å². The molecule has 1 heterocycles. The average molecular weight is 383 g/mol. The molecule has 0 aliphatic carbocycles. The number of hydrogen-bond acceptors (Lipinski definition) is 8. The lowest BCUT2D eigenvalue weighted by Gasteiger charge is -2.13. The zero-order valence-electron chi connectivity index (χ0n) is 14.5. The third kappa shape index (κ3) is 4.16. The standard InChI is InChI=1S/C18H15ClN6O2/c1-26-15-8-14(16(27-2)7-12(15)19)23-18-24-17(10-21-25-18)22-13-6-4-3-5-11(13)9-20/h3-8,10H,1-2H3,(H2,22,23,24,25).